The summed E-state index contributed by atoms with van der Waals surface area (Å²) in [7, 11) is 0. The third-order valence-electron chi connectivity index (χ3n) is 1.23. The summed E-state index contributed by atoms with van der Waals surface area (Å²) in [6.07, 6.45) is 1.80. The first-order valence-corrected chi connectivity index (χ1v) is 4.92. The smallest absolute Gasteiger partial charge is 0.403 e. The van der Waals surface area contributed by atoms with Crippen molar-refractivity contribution < 1.29 is 9.53 Å². The van der Waals surface area contributed by atoms with Crippen molar-refractivity contribution in [1.82, 2.24) is 4.98 Å². The lowest BCUT2D eigenvalue weighted by molar-refractivity contribution is 0.167. The number of halogens is 1. The first-order chi connectivity index (χ1) is 6.18. The van der Waals surface area contributed by atoms with Crippen LogP contribution in [0.15, 0.2) is 16.6 Å². The molecule has 0 aliphatic rings. The maximum absolute atomic E-state index is 10.2. The lowest BCUT2D eigenvalue weighted by Crippen LogP contribution is -2.14. The molecule has 72 valence electrons. The van der Waals surface area contributed by atoms with Crippen molar-refractivity contribution in [3.8, 4) is 0 Å². The zero-order valence-electron chi connectivity index (χ0n) is 6.99. The van der Waals surface area contributed by atoms with Crippen molar-refractivity contribution in [2.24, 2.45) is 4.99 Å². The Balaban J connectivity index is 2.46. The lowest BCUT2D eigenvalue weighted by atomic mass is 10.4. The highest BCUT2D eigenvalue weighted by atomic mass is 35.5. The minimum absolute atomic E-state index is 0.0856. The number of aromatic amines is 1. The Labute approximate surface area is 84.2 Å². The fourth-order valence-electron chi connectivity index (χ4n) is 0.729. The third-order valence-corrected chi connectivity index (χ3v) is 2.06. The number of aromatic nitrogens is 1. The molecule has 0 saturated heterocycles. The zero-order valence-corrected chi connectivity index (χ0v) is 8.56. The number of H-pyrrole nitrogens is 1. The Bertz CT molecular complexity index is 316. The van der Waals surface area contributed by atoms with E-state index in [2.05, 4.69) is 14.7 Å². The summed E-state index contributed by atoms with van der Waals surface area (Å²) in [5.74, 6) is 0. The average molecular weight is 221 g/mol. The molecule has 6 heteroatoms. The summed E-state index contributed by atoms with van der Waals surface area (Å²) < 4.78 is 4.58. The van der Waals surface area contributed by atoms with Crippen LogP contribution in [0.4, 0.5) is 4.79 Å². The van der Waals surface area contributed by atoms with Gasteiger partial charge in [0.1, 0.15) is 6.61 Å². The highest BCUT2D eigenvalue weighted by Gasteiger charge is 2.02. The SMILES string of the molecule is CC(COC(=O)Cl)/N=c1\[nH]ccs1. The van der Waals surface area contributed by atoms with E-state index in [9.17, 15) is 4.79 Å². The molecular formula is C7H9ClN2O2S. The van der Waals surface area contributed by atoms with Gasteiger partial charge < -0.3 is 9.72 Å². The molecule has 0 radical (unpaired) electrons. The number of nitrogens with one attached hydrogen (secondary N) is 1. The molecule has 0 aliphatic carbocycles. The quantitative estimate of drug-likeness (QED) is 0.789. The number of rotatable bonds is 3. The van der Waals surface area contributed by atoms with Gasteiger partial charge in [0.05, 0.1) is 6.04 Å². The van der Waals surface area contributed by atoms with E-state index >= 15 is 0 Å². The van der Waals surface area contributed by atoms with Gasteiger partial charge in [-0.25, -0.2) is 4.79 Å². The summed E-state index contributed by atoms with van der Waals surface area (Å²) in [5.41, 5.74) is -0.794. The van der Waals surface area contributed by atoms with Gasteiger partial charge >= 0.3 is 5.43 Å². The van der Waals surface area contributed by atoms with Crippen LogP contribution in [-0.4, -0.2) is 23.1 Å². The Kier molecular flexibility index (Phi) is 3.98. The molecular weight excluding hydrogens is 212 g/mol. The van der Waals surface area contributed by atoms with E-state index < -0.39 is 5.43 Å². The molecule has 1 aromatic rings. The molecule has 4 nitrogen and oxygen atoms in total. The molecule has 1 rings (SSSR count). The summed E-state index contributed by atoms with van der Waals surface area (Å²) in [6, 6.07) is -0.0856. The summed E-state index contributed by atoms with van der Waals surface area (Å²) >= 11 is 6.49. The summed E-state index contributed by atoms with van der Waals surface area (Å²) in [6.45, 7) is 2.04. The van der Waals surface area contributed by atoms with Crippen molar-refractivity contribution in [3.05, 3.63) is 16.4 Å². The van der Waals surface area contributed by atoms with E-state index in [1.54, 1.807) is 6.20 Å². The molecule has 1 N–H and O–H groups in total. The minimum atomic E-state index is -0.794. The summed E-state index contributed by atoms with van der Waals surface area (Å²) in [4.78, 5) is 18.2. The number of thiazole rings is 1. The molecule has 0 aliphatic heterocycles. The Morgan fingerprint density at radius 2 is 2.69 bits per heavy atom. The highest BCUT2D eigenvalue weighted by molar-refractivity contribution is 7.07. The van der Waals surface area contributed by atoms with Gasteiger partial charge in [-0.2, -0.15) is 0 Å². The van der Waals surface area contributed by atoms with Gasteiger partial charge in [-0.05, 0) is 6.92 Å². The minimum Gasteiger partial charge on any atom is -0.451 e. The molecule has 0 amide bonds. The molecule has 0 saturated carbocycles. The maximum Gasteiger partial charge on any atom is 0.403 e. The van der Waals surface area contributed by atoms with Crippen LogP contribution >= 0.6 is 22.9 Å². The Hall–Kier alpha value is -0.810. The van der Waals surface area contributed by atoms with Crippen LogP contribution in [0.2, 0.25) is 0 Å². The second kappa shape index (κ2) is 5.04. The largest absolute Gasteiger partial charge is 0.451 e. The molecule has 0 bridgehead atoms. The van der Waals surface area contributed by atoms with Crippen LogP contribution in [0.1, 0.15) is 6.92 Å². The van der Waals surface area contributed by atoms with Crippen LogP contribution in [-0.2, 0) is 4.74 Å². The van der Waals surface area contributed by atoms with Crippen LogP contribution in [0.3, 0.4) is 0 Å². The van der Waals surface area contributed by atoms with E-state index in [1.165, 1.54) is 11.3 Å². The topological polar surface area (TPSA) is 54.4 Å². The molecule has 1 heterocycles. The third kappa shape index (κ3) is 4.10. The van der Waals surface area contributed by atoms with Gasteiger partial charge in [0.15, 0.2) is 4.80 Å². The van der Waals surface area contributed by atoms with Gasteiger partial charge in [0.2, 0.25) is 0 Å². The predicted molar refractivity (Wildman–Crippen MR) is 50.9 cm³/mol. The maximum atomic E-state index is 10.2. The number of carbonyl (C=O) groups excluding carboxylic acids is 1. The van der Waals surface area contributed by atoms with Gasteiger partial charge in [0, 0.05) is 23.2 Å². The second-order valence-electron chi connectivity index (χ2n) is 2.40. The highest BCUT2D eigenvalue weighted by Crippen LogP contribution is 1.94. The molecule has 1 aromatic heterocycles. The zero-order chi connectivity index (χ0) is 9.68. The van der Waals surface area contributed by atoms with Crippen molar-refractivity contribution in [2.45, 2.75) is 13.0 Å². The Morgan fingerprint density at radius 1 is 1.92 bits per heavy atom. The first-order valence-electron chi connectivity index (χ1n) is 3.67. The normalized spacial score (nSPS) is 14.2. The number of nitrogens with zero attached hydrogens (tertiary/aromatic N) is 1. The number of ether oxygens (including phenoxy) is 1. The number of carbonyl (C=O) groups is 1. The van der Waals surface area contributed by atoms with Gasteiger partial charge in [-0.3, -0.25) is 4.99 Å². The monoisotopic (exact) mass is 220 g/mol. The van der Waals surface area contributed by atoms with Crippen molar-refractivity contribution >= 4 is 28.4 Å². The molecule has 1 unspecified atom stereocenters. The molecule has 0 aromatic carbocycles. The fraction of sp³-hybridized carbons (Fsp3) is 0.429. The first kappa shape index (κ1) is 10.3. The number of hydrogen-bond donors (Lipinski definition) is 1. The van der Waals surface area contributed by atoms with Crippen LogP contribution in [0, 0.1) is 0 Å². The molecule has 13 heavy (non-hydrogen) atoms. The van der Waals surface area contributed by atoms with E-state index in [1.807, 2.05) is 12.3 Å². The van der Waals surface area contributed by atoms with E-state index in [-0.39, 0.29) is 12.6 Å². The molecule has 0 spiro atoms. The van der Waals surface area contributed by atoms with E-state index in [0.717, 1.165) is 4.80 Å². The van der Waals surface area contributed by atoms with Crippen molar-refractivity contribution in [3.63, 3.8) is 0 Å². The van der Waals surface area contributed by atoms with Crippen molar-refractivity contribution in [1.29, 1.82) is 0 Å². The van der Waals surface area contributed by atoms with Gasteiger partial charge in [-0.1, -0.05) is 0 Å². The second-order valence-corrected chi connectivity index (χ2v) is 3.60. The van der Waals surface area contributed by atoms with Crippen LogP contribution in [0.25, 0.3) is 0 Å². The van der Waals surface area contributed by atoms with Gasteiger partial charge in [-0.15, -0.1) is 11.3 Å². The fourth-order valence-corrected chi connectivity index (χ4v) is 1.43. The summed E-state index contributed by atoms with van der Waals surface area (Å²) in [5, 5.41) is 1.89. The average Bonchev–Trinajstić information content (AvgIpc) is 2.53. The van der Waals surface area contributed by atoms with Crippen molar-refractivity contribution in [2.75, 3.05) is 6.61 Å². The lowest BCUT2D eigenvalue weighted by Gasteiger charge is -2.03. The van der Waals surface area contributed by atoms with Crippen LogP contribution < -0.4 is 4.80 Å². The molecule has 0 fully saturated rings. The number of hydrogen-bond acceptors (Lipinski definition) is 4. The van der Waals surface area contributed by atoms with E-state index in [0.29, 0.717) is 0 Å². The standard InChI is InChI=1S/C7H9ClN2O2S/c1-5(4-12-6(8)11)10-7-9-2-3-13-7/h2-3,5H,4H2,1H3,(H,9,10). The van der Waals surface area contributed by atoms with E-state index in [4.69, 9.17) is 11.6 Å². The Morgan fingerprint density at radius 3 is 3.23 bits per heavy atom. The molecule has 1 atom stereocenters. The predicted octanol–water partition coefficient (Wildman–Crippen LogP) is 1.74. The van der Waals surface area contributed by atoms with Gasteiger partial charge in [0.25, 0.3) is 0 Å². The van der Waals surface area contributed by atoms with Crippen LogP contribution in [0.5, 0.6) is 0 Å².